The minimum atomic E-state index is -1.04. The number of ether oxygens (including phenoxy) is 2. The number of nitrogens with zero attached hydrogens (tertiary/aromatic N) is 2. The van der Waals surface area contributed by atoms with Crippen LogP contribution in [0.15, 0.2) is 47.9 Å². The fraction of sp³-hybridized carbons (Fsp3) is 0.600. The van der Waals surface area contributed by atoms with Crippen LogP contribution in [0.1, 0.15) is 78.7 Å². The molecule has 3 rings (SSSR count). The van der Waals surface area contributed by atoms with Crippen LogP contribution in [0, 0.1) is 0 Å². The van der Waals surface area contributed by atoms with Gasteiger partial charge in [0.15, 0.2) is 0 Å². The Balaban J connectivity index is 0.00000235. The van der Waals surface area contributed by atoms with Gasteiger partial charge in [-0.25, -0.2) is 0 Å². The predicted octanol–water partition coefficient (Wildman–Crippen LogP) is 5.42. The van der Waals surface area contributed by atoms with Crippen molar-refractivity contribution in [3.05, 3.63) is 53.4 Å². The molecule has 7 nitrogen and oxygen atoms in total. The van der Waals surface area contributed by atoms with Gasteiger partial charge in [-0.2, -0.15) is 0 Å². The molecule has 2 amide bonds. The lowest BCUT2D eigenvalue weighted by Gasteiger charge is -2.49. The molecule has 1 aliphatic carbocycles. The van der Waals surface area contributed by atoms with Crippen LogP contribution in [0.25, 0.3) is 0 Å². The summed E-state index contributed by atoms with van der Waals surface area (Å²) in [6.45, 7) is 10.6. The van der Waals surface area contributed by atoms with Crippen LogP contribution in [-0.4, -0.2) is 60.5 Å². The molecule has 0 bridgehead atoms. The molecule has 1 aromatic carbocycles. The fourth-order valence-electron chi connectivity index (χ4n) is 5.19. The molecule has 2 aliphatic rings. The molecule has 1 unspecified atom stereocenters. The number of hydrogen-bond acceptors (Lipinski definition) is 5. The quantitative estimate of drug-likeness (QED) is 0.286. The van der Waals surface area contributed by atoms with E-state index in [1.54, 1.807) is 19.1 Å². The van der Waals surface area contributed by atoms with Crippen molar-refractivity contribution in [2.45, 2.75) is 91.3 Å². The van der Waals surface area contributed by atoms with E-state index in [0.29, 0.717) is 18.8 Å². The molecular weight excluding hydrogens is 466 g/mol. The highest BCUT2D eigenvalue weighted by Gasteiger charge is 2.48. The minimum absolute atomic E-state index is 0.0866. The number of carbonyl (C=O) groups excluding carboxylic acids is 2. The molecule has 1 aliphatic heterocycles. The third-order valence-electron chi connectivity index (χ3n) is 7.25. The molecule has 0 spiro atoms. The van der Waals surface area contributed by atoms with Crippen LogP contribution in [0.2, 0.25) is 0 Å². The van der Waals surface area contributed by atoms with Gasteiger partial charge in [0.2, 0.25) is 11.8 Å². The topological polar surface area (TPSA) is 71.1 Å². The van der Waals surface area contributed by atoms with Gasteiger partial charge in [0.25, 0.3) is 0 Å². The average Bonchev–Trinajstić information content (AvgIpc) is 3.19. The fourth-order valence-corrected chi connectivity index (χ4v) is 5.19. The summed E-state index contributed by atoms with van der Waals surface area (Å²) in [6, 6.07) is 7.81. The first-order chi connectivity index (χ1) is 17.9. The van der Waals surface area contributed by atoms with Gasteiger partial charge < -0.3 is 24.6 Å². The van der Waals surface area contributed by atoms with Gasteiger partial charge in [0, 0.05) is 12.6 Å². The van der Waals surface area contributed by atoms with E-state index >= 15 is 0 Å². The van der Waals surface area contributed by atoms with E-state index in [4.69, 9.17) is 9.47 Å². The molecule has 2 fully saturated rings. The van der Waals surface area contributed by atoms with Crippen molar-refractivity contribution in [3.63, 3.8) is 0 Å². The van der Waals surface area contributed by atoms with E-state index in [-0.39, 0.29) is 24.4 Å². The summed E-state index contributed by atoms with van der Waals surface area (Å²) in [5.74, 6) is 1.27. The molecule has 0 aromatic heterocycles. The van der Waals surface area contributed by atoms with E-state index in [1.165, 1.54) is 12.8 Å². The number of nitrogens with one attached hydrogen (secondary N) is 1. The van der Waals surface area contributed by atoms with Crippen LogP contribution < -0.4 is 10.1 Å². The number of amides is 2. The van der Waals surface area contributed by atoms with Crippen LogP contribution in [-0.2, 0) is 20.9 Å². The molecule has 1 heterocycles. The molecule has 206 valence electrons. The summed E-state index contributed by atoms with van der Waals surface area (Å²) in [6.07, 6.45) is 10.5. The van der Waals surface area contributed by atoms with Crippen molar-refractivity contribution in [1.82, 2.24) is 15.1 Å². The normalized spacial score (nSPS) is 21.5. The second kappa shape index (κ2) is 14.7. The number of methoxy groups -OCH3 is 2. The third-order valence-corrected chi connectivity index (χ3v) is 7.25. The second-order valence-electron chi connectivity index (χ2n) is 9.65. The van der Waals surface area contributed by atoms with Crippen LogP contribution in [0.3, 0.4) is 0 Å². The lowest BCUT2D eigenvalue weighted by molar-refractivity contribution is -0.155. The standard InChI is InChI=1S/C28H41N3O4.C2H6/c1-6-24(25(7-2)35-5)30-19-26(32)31(18-21-14-16-23(34-4)17-15-21)28(3,20-30)27(33)29-22-12-10-8-9-11-13-22;1-2/h6-7,14-17,22H,8-13,18-20H2,1-5H3,(H,29,33);1-2H3/b24-6-,25-7-;. The summed E-state index contributed by atoms with van der Waals surface area (Å²) >= 11 is 0. The van der Waals surface area contributed by atoms with E-state index in [0.717, 1.165) is 42.7 Å². The second-order valence-corrected chi connectivity index (χ2v) is 9.65. The van der Waals surface area contributed by atoms with E-state index in [9.17, 15) is 9.59 Å². The maximum atomic E-state index is 13.9. The van der Waals surface area contributed by atoms with Crippen molar-refractivity contribution in [3.8, 4) is 5.75 Å². The molecule has 37 heavy (non-hydrogen) atoms. The highest BCUT2D eigenvalue weighted by molar-refractivity contribution is 5.93. The van der Waals surface area contributed by atoms with Gasteiger partial charge in [0.05, 0.1) is 33.0 Å². The zero-order valence-electron chi connectivity index (χ0n) is 23.9. The number of hydrogen-bond donors (Lipinski definition) is 1. The van der Waals surface area contributed by atoms with Gasteiger partial charge in [-0.15, -0.1) is 0 Å². The Bertz CT molecular complexity index is 933. The zero-order valence-corrected chi connectivity index (χ0v) is 23.9. The highest BCUT2D eigenvalue weighted by atomic mass is 16.5. The average molecular weight is 514 g/mol. The lowest BCUT2D eigenvalue weighted by Crippen LogP contribution is -2.69. The summed E-state index contributed by atoms with van der Waals surface area (Å²) < 4.78 is 10.8. The van der Waals surface area contributed by atoms with Crippen molar-refractivity contribution in [1.29, 1.82) is 0 Å². The Hall–Kier alpha value is -2.96. The van der Waals surface area contributed by atoms with Gasteiger partial charge in [-0.05, 0) is 57.4 Å². The zero-order chi connectivity index (χ0) is 27.4. The summed E-state index contributed by atoms with van der Waals surface area (Å²) in [7, 11) is 3.25. The molecule has 1 saturated heterocycles. The van der Waals surface area contributed by atoms with Gasteiger partial charge in [0.1, 0.15) is 17.0 Å². The first kappa shape index (κ1) is 30.3. The Morgan fingerprint density at radius 3 is 2.19 bits per heavy atom. The predicted molar refractivity (Wildman–Crippen MR) is 149 cm³/mol. The Morgan fingerprint density at radius 2 is 1.68 bits per heavy atom. The lowest BCUT2D eigenvalue weighted by atomic mass is 9.92. The monoisotopic (exact) mass is 513 g/mol. The van der Waals surface area contributed by atoms with Gasteiger partial charge >= 0.3 is 0 Å². The van der Waals surface area contributed by atoms with E-state index < -0.39 is 5.54 Å². The molecule has 0 radical (unpaired) electrons. The number of benzene rings is 1. The van der Waals surface area contributed by atoms with Crippen molar-refractivity contribution in [2.75, 3.05) is 27.3 Å². The smallest absolute Gasteiger partial charge is 0.247 e. The molecule has 1 aromatic rings. The number of rotatable bonds is 8. The Labute approximate surface area is 223 Å². The van der Waals surface area contributed by atoms with E-state index in [2.05, 4.69) is 5.32 Å². The van der Waals surface area contributed by atoms with Crippen LogP contribution in [0.4, 0.5) is 0 Å². The van der Waals surface area contributed by atoms with E-state index in [1.807, 2.05) is 75.9 Å². The summed E-state index contributed by atoms with van der Waals surface area (Å²) in [5, 5.41) is 3.31. The molecule has 7 heteroatoms. The number of allylic oxidation sites excluding steroid dienone is 2. The van der Waals surface area contributed by atoms with Crippen molar-refractivity contribution < 1.29 is 19.1 Å². The summed E-state index contributed by atoms with van der Waals surface area (Å²) in [5.41, 5.74) is 0.738. The number of piperazine rings is 1. The molecule has 1 atom stereocenters. The maximum absolute atomic E-state index is 13.9. The molecule has 1 N–H and O–H groups in total. The highest BCUT2D eigenvalue weighted by Crippen LogP contribution is 2.31. The molecule has 1 saturated carbocycles. The van der Waals surface area contributed by atoms with Crippen molar-refractivity contribution in [2.24, 2.45) is 0 Å². The number of carbonyl (C=O) groups is 2. The third kappa shape index (κ3) is 7.53. The van der Waals surface area contributed by atoms with Gasteiger partial charge in [-0.1, -0.05) is 57.7 Å². The van der Waals surface area contributed by atoms with Crippen LogP contribution in [0.5, 0.6) is 5.75 Å². The maximum Gasteiger partial charge on any atom is 0.247 e. The van der Waals surface area contributed by atoms with Gasteiger partial charge in [-0.3, -0.25) is 9.59 Å². The summed E-state index contributed by atoms with van der Waals surface area (Å²) in [4.78, 5) is 31.2. The first-order valence-electron chi connectivity index (χ1n) is 13.7. The Kier molecular flexibility index (Phi) is 12.0. The van der Waals surface area contributed by atoms with Crippen LogP contribution >= 0.6 is 0 Å². The first-order valence-corrected chi connectivity index (χ1v) is 13.7. The minimum Gasteiger partial charge on any atom is -0.497 e. The molecular formula is C30H47N3O4. The largest absolute Gasteiger partial charge is 0.497 e. The van der Waals surface area contributed by atoms with Crippen molar-refractivity contribution >= 4 is 11.8 Å². The Morgan fingerprint density at radius 1 is 1.05 bits per heavy atom. The SMILES string of the molecule is C/C=C(OC)/C(=C/C)N1CC(=O)N(Cc2ccc(OC)cc2)C(C)(C(=O)NC2CCCCCC2)C1.CC.